The summed E-state index contributed by atoms with van der Waals surface area (Å²) in [5, 5.41) is 27.5. The van der Waals surface area contributed by atoms with E-state index in [0.29, 0.717) is 5.56 Å². The van der Waals surface area contributed by atoms with Gasteiger partial charge in [0.05, 0.1) is 11.4 Å². The van der Waals surface area contributed by atoms with Crippen LogP contribution in [0.4, 0.5) is 11.4 Å². The molecule has 0 fully saturated rings. The average molecular weight is 290 g/mol. The van der Waals surface area contributed by atoms with E-state index in [2.05, 4.69) is 10.2 Å². The highest BCUT2D eigenvalue weighted by molar-refractivity contribution is 5.72. The molecule has 0 radical (unpaired) electrons. The SMILES string of the molecule is Oc1ccc(-c2ccc(/N=N/c3ccccc3)cc2)c(O)c1. The second kappa shape index (κ2) is 6.10. The van der Waals surface area contributed by atoms with Crippen molar-refractivity contribution >= 4 is 11.4 Å². The smallest absolute Gasteiger partial charge is 0.127 e. The molecule has 0 unspecified atom stereocenters. The Hall–Kier alpha value is -3.14. The molecule has 22 heavy (non-hydrogen) atoms. The van der Waals surface area contributed by atoms with Crippen LogP contribution in [0.15, 0.2) is 83.0 Å². The van der Waals surface area contributed by atoms with Crippen LogP contribution in [0.25, 0.3) is 11.1 Å². The lowest BCUT2D eigenvalue weighted by molar-refractivity contribution is 0.452. The van der Waals surface area contributed by atoms with Crippen molar-refractivity contribution in [1.82, 2.24) is 0 Å². The van der Waals surface area contributed by atoms with E-state index >= 15 is 0 Å². The largest absolute Gasteiger partial charge is 0.508 e. The fourth-order valence-corrected chi connectivity index (χ4v) is 2.08. The summed E-state index contributed by atoms with van der Waals surface area (Å²) >= 11 is 0. The number of hydrogen-bond acceptors (Lipinski definition) is 4. The van der Waals surface area contributed by atoms with Gasteiger partial charge in [-0.15, -0.1) is 0 Å². The highest BCUT2D eigenvalue weighted by atomic mass is 16.3. The Morgan fingerprint density at radius 1 is 0.636 bits per heavy atom. The number of aromatic hydroxyl groups is 2. The molecule has 0 amide bonds. The fraction of sp³-hybridized carbons (Fsp3) is 0. The maximum atomic E-state index is 9.86. The second-order valence-electron chi connectivity index (χ2n) is 4.78. The average Bonchev–Trinajstić information content (AvgIpc) is 2.55. The standard InChI is InChI=1S/C18H14N2O2/c21-16-10-11-17(18(22)12-16)13-6-8-15(9-7-13)20-19-14-4-2-1-3-5-14/h1-12,21-22H/b20-19+. The minimum atomic E-state index is 0.0366. The summed E-state index contributed by atoms with van der Waals surface area (Å²) in [5.74, 6) is 0.0770. The zero-order chi connectivity index (χ0) is 15.4. The third-order valence-electron chi connectivity index (χ3n) is 3.20. The van der Waals surface area contributed by atoms with Crippen LogP contribution < -0.4 is 0 Å². The van der Waals surface area contributed by atoms with E-state index in [1.807, 2.05) is 54.6 Å². The Kier molecular flexibility index (Phi) is 3.83. The normalized spacial score (nSPS) is 10.9. The van der Waals surface area contributed by atoms with Gasteiger partial charge in [-0.05, 0) is 42.0 Å². The fourth-order valence-electron chi connectivity index (χ4n) is 2.08. The molecule has 0 aliphatic heterocycles. The molecule has 0 saturated heterocycles. The third-order valence-corrected chi connectivity index (χ3v) is 3.20. The first kappa shape index (κ1) is 13.8. The Morgan fingerprint density at radius 2 is 1.27 bits per heavy atom. The van der Waals surface area contributed by atoms with E-state index in [1.165, 1.54) is 12.1 Å². The number of phenolic OH excluding ortho intramolecular Hbond substituents is 2. The Balaban J connectivity index is 1.82. The van der Waals surface area contributed by atoms with Crippen LogP contribution in [0.2, 0.25) is 0 Å². The van der Waals surface area contributed by atoms with Gasteiger partial charge in [0.2, 0.25) is 0 Å². The number of phenols is 2. The van der Waals surface area contributed by atoms with E-state index in [1.54, 1.807) is 6.07 Å². The van der Waals surface area contributed by atoms with Gasteiger partial charge in [-0.1, -0.05) is 30.3 Å². The number of rotatable bonds is 3. The minimum absolute atomic E-state index is 0.0366. The molecule has 0 saturated carbocycles. The van der Waals surface area contributed by atoms with Gasteiger partial charge >= 0.3 is 0 Å². The summed E-state index contributed by atoms with van der Waals surface area (Å²) in [5.41, 5.74) is 3.02. The molecule has 0 bridgehead atoms. The van der Waals surface area contributed by atoms with E-state index < -0.39 is 0 Å². The van der Waals surface area contributed by atoms with Crippen LogP contribution in [0.5, 0.6) is 11.5 Å². The molecular formula is C18H14N2O2. The molecule has 0 aromatic heterocycles. The lowest BCUT2D eigenvalue weighted by Gasteiger charge is -2.05. The van der Waals surface area contributed by atoms with Crippen molar-refractivity contribution < 1.29 is 10.2 Å². The first-order valence-electron chi connectivity index (χ1n) is 6.81. The Bertz CT molecular complexity index is 797. The van der Waals surface area contributed by atoms with Gasteiger partial charge in [0, 0.05) is 11.6 Å². The highest BCUT2D eigenvalue weighted by Crippen LogP contribution is 2.33. The van der Waals surface area contributed by atoms with Gasteiger partial charge in [0.15, 0.2) is 0 Å². The molecule has 2 N–H and O–H groups in total. The van der Waals surface area contributed by atoms with Crippen molar-refractivity contribution in [2.45, 2.75) is 0 Å². The lowest BCUT2D eigenvalue weighted by atomic mass is 10.0. The Labute approximate surface area is 128 Å². The summed E-state index contributed by atoms with van der Waals surface area (Å²) in [7, 11) is 0. The molecule has 0 atom stereocenters. The van der Waals surface area contributed by atoms with Gasteiger partial charge in [-0.25, -0.2) is 0 Å². The maximum Gasteiger partial charge on any atom is 0.127 e. The summed E-state index contributed by atoms with van der Waals surface area (Å²) in [4.78, 5) is 0. The molecule has 0 spiro atoms. The van der Waals surface area contributed by atoms with Crippen molar-refractivity contribution in [1.29, 1.82) is 0 Å². The second-order valence-corrected chi connectivity index (χ2v) is 4.78. The van der Waals surface area contributed by atoms with Crippen LogP contribution in [-0.4, -0.2) is 10.2 Å². The van der Waals surface area contributed by atoms with Gasteiger partial charge in [-0.2, -0.15) is 10.2 Å². The van der Waals surface area contributed by atoms with Crippen molar-refractivity contribution in [3.8, 4) is 22.6 Å². The number of hydrogen-bond donors (Lipinski definition) is 2. The van der Waals surface area contributed by atoms with Gasteiger partial charge in [0.1, 0.15) is 11.5 Å². The van der Waals surface area contributed by atoms with Gasteiger partial charge < -0.3 is 10.2 Å². The molecule has 4 nitrogen and oxygen atoms in total. The zero-order valence-corrected chi connectivity index (χ0v) is 11.7. The predicted molar refractivity (Wildman–Crippen MR) is 85.8 cm³/mol. The molecule has 3 aromatic carbocycles. The van der Waals surface area contributed by atoms with Crippen LogP contribution in [0.3, 0.4) is 0 Å². The topological polar surface area (TPSA) is 65.2 Å². The third kappa shape index (κ3) is 3.12. The number of nitrogens with zero attached hydrogens (tertiary/aromatic N) is 2. The Morgan fingerprint density at radius 3 is 1.91 bits per heavy atom. The van der Waals surface area contributed by atoms with Gasteiger partial charge in [0.25, 0.3) is 0 Å². The van der Waals surface area contributed by atoms with Crippen LogP contribution >= 0.6 is 0 Å². The van der Waals surface area contributed by atoms with Crippen molar-refractivity contribution in [3.63, 3.8) is 0 Å². The molecule has 108 valence electrons. The van der Waals surface area contributed by atoms with Crippen molar-refractivity contribution in [3.05, 3.63) is 72.8 Å². The van der Waals surface area contributed by atoms with Crippen LogP contribution in [0.1, 0.15) is 0 Å². The summed E-state index contributed by atoms with van der Waals surface area (Å²) in [6, 6.07) is 21.4. The number of azo groups is 1. The minimum Gasteiger partial charge on any atom is -0.508 e. The summed E-state index contributed by atoms with van der Waals surface area (Å²) in [6.45, 7) is 0. The molecule has 4 heteroatoms. The van der Waals surface area contributed by atoms with E-state index in [4.69, 9.17) is 0 Å². The van der Waals surface area contributed by atoms with Crippen molar-refractivity contribution in [2.75, 3.05) is 0 Å². The summed E-state index contributed by atoms with van der Waals surface area (Å²) in [6.07, 6.45) is 0. The first-order chi connectivity index (χ1) is 10.7. The molecule has 0 aliphatic carbocycles. The molecule has 0 heterocycles. The number of benzene rings is 3. The highest BCUT2D eigenvalue weighted by Gasteiger charge is 2.05. The van der Waals surface area contributed by atoms with E-state index in [9.17, 15) is 10.2 Å². The van der Waals surface area contributed by atoms with E-state index in [0.717, 1.165) is 16.9 Å². The first-order valence-corrected chi connectivity index (χ1v) is 6.81. The molecule has 3 rings (SSSR count). The summed E-state index contributed by atoms with van der Waals surface area (Å²) < 4.78 is 0. The van der Waals surface area contributed by atoms with Gasteiger partial charge in [-0.3, -0.25) is 0 Å². The zero-order valence-electron chi connectivity index (χ0n) is 11.7. The molecule has 3 aromatic rings. The van der Waals surface area contributed by atoms with E-state index in [-0.39, 0.29) is 11.5 Å². The monoisotopic (exact) mass is 290 g/mol. The predicted octanol–water partition coefficient (Wildman–Crippen LogP) is 5.18. The quantitative estimate of drug-likeness (QED) is 0.653. The molecule has 0 aliphatic rings. The lowest BCUT2D eigenvalue weighted by Crippen LogP contribution is -1.78. The maximum absolute atomic E-state index is 9.86. The van der Waals surface area contributed by atoms with Crippen LogP contribution in [0, 0.1) is 0 Å². The van der Waals surface area contributed by atoms with Crippen molar-refractivity contribution in [2.24, 2.45) is 10.2 Å². The van der Waals surface area contributed by atoms with Crippen LogP contribution in [-0.2, 0) is 0 Å². The molecular weight excluding hydrogens is 276 g/mol.